The fourth-order valence-electron chi connectivity index (χ4n) is 3.08. The number of hydrogen-bond acceptors (Lipinski definition) is 3. The first-order valence-corrected chi connectivity index (χ1v) is 11.1. The Balaban J connectivity index is 1.58. The van der Waals surface area contributed by atoms with Gasteiger partial charge in [-0.15, -0.1) is 0 Å². The van der Waals surface area contributed by atoms with E-state index in [-0.39, 0.29) is 27.6 Å². The van der Waals surface area contributed by atoms with E-state index in [4.69, 9.17) is 11.6 Å². The molecule has 1 amide bonds. The van der Waals surface area contributed by atoms with Gasteiger partial charge in [-0.25, -0.2) is 12.8 Å². The summed E-state index contributed by atoms with van der Waals surface area (Å²) in [4.78, 5) is 14.8. The Hall–Kier alpha value is -2.12. The molecule has 28 heavy (non-hydrogen) atoms. The van der Waals surface area contributed by atoms with Crippen LogP contribution in [0.3, 0.4) is 0 Å². The summed E-state index contributed by atoms with van der Waals surface area (Å²) < 4.78 is 40.6. The SMILES string of the molecule is O=C(c1ccc(Cl)c(NS(=O)(=O)c2ccc(F)cc2)c1)N(CC1CC1)C1CC1. The molecule has 2 fully saturated rings. The van der Waals surface area contributed by atoms with Crippen LogP contribution in [0.15, 0.2) is 47.4 Å². The van der Waals surface area contributed by atoms with Gasteiger partial charge >= 0.3 is 0 Å². The van der Waals surface area contributed by atoms with Crippen LogP contribution in [0.25, 0.3) is 0 Å². The molecule has 5 nitrogen and oxygen atoms in total. The lowest BCUT2D eigenvalue weighted by Gasteiger charge is -2.23. The van der Waals surface area contributed by atoms with E-state index in [0.717, 1.165) is 44.4 Å². The molecule has 0 saturated heterocycles. The Labute approximate surface area is 168 Å². The lowest BCUT2D eigenvalue weighted by molar-refractivity contribution is 0.0735. The fourth-order valence-corrected chi connectivity index (χ4v) is 4.37. The predicted octanol–water partition coefficient (Wildman–Crippen LogP) is 4.29. The zero-order valence-corrected chi connectivity index (χ0v) is 16.6. The van der Waals surface area contributed by atoms with Crippen LogP contribution in [-0.4, -0.2) is 31.8 Å². The summed E-state index contributed by atoms with van der Waals surface area (Å²) in [6, 6.07) is 9.36. The van der Waals surface area contributed by atoms with Crippen molar-refractivity contribution in [2.75, 3.05) is 11.3 Å². The lowest BCUT2D eigenvalue weighted by Crippen LogP contribution is -2.35. The van der Waals surface area contributed by atoms with Crippen molar-refractivity contribution in [2.45, 2.75) is 36.6 Å². The van der Waals surface area contributed by atoms with Crippen LogP contribution in [0.1, 0.15) is 36.0 Å². The van der Waals surface area contributed by atoms with E-state index in [1.54, 1.807) is 6.07 Å². The Kier molecular flexibility index (Phi) is 5.05. The molecule has 0 radical (unpaired) electrons. The molecule has 0 spiro atoms. The third-order valence-electron chi connectivity index (χ3n) is 4.98. The van der Waals surface area contributed by atoms with Crippen molar-refractivity contribution >= 4 is 33.2 Å². The van der Waals surface area contributed by atoms with Crippen LogP contribution in [-0.2, 0) is 10.0 Å². The summed E-state index contributed by atoms with van der Waals surface area (Å²) >= 11 is 6.16. The predicted molar refractivity (Wildman–Crippen MR) is 105 cm³/mol. The highest BCUT2D eigenvalue weighted by Crippen LogP contribution is 2.36. The quantitative estimate of drug-likeness (QED) is 0.723. The van der Waals surface area contributed by atoms with Crippen molar-refractivity contribution in [1.82, 2.24) is 4.90 Å². The number of nitrogens with one attached hydrogen (secondary N) is 1. The van der Waals surface area contributed by atoms with Gasteiger partial charge in [0.2, 0.25) is 0 Å². The standard InChI is InChI=1S/C20H20ClFN2O3S/c21-18-10-3-14(20(25)24(16-6-7-16)12-13-1-2-13)11-19(18)23-28(26,27)17-8-4-15(22)5-9-17/h3-5,8-11,13,16,23H,1-2,6-7,12H2. The second-order valence-corrected chi connectivity index (χ2v) is 9.48. The number of amides is 1. The maximum atomic E-state index is 13.1. The summed E-state index contributed by atoms with van der Waals surface area (Å²) in [6.07, 6.45) is 4.33. The van der Waals surface area contributed by atoms with Crippen LogP contribution < -0.4 is 4.72 Å². The Morgan fingerprint density at radius 3 is 2.39 bits per heavy atom. The van der Waals surface area contributed by atoms with E-state index < -0.39 is 15.8 Å². The van der Waals surface area contributed by atoms with Crippen molar-refractivity contribution in [3.05, 3.63) is 58.9 Å². The van der Waals surface area contributed by atoms with Crippen LogP contribution in [0.4, 0.5) is 10.1 Å². The molecule has 4 rings (SSSR count). The number of benzene rings is 2. The summed E-state index contributed by atoms with van der Waals surface area (Å²) in [5.41, 5.74) is 0.521. The van der Waals surface area contributed by atoms with Crippen LogP contribution in [0.2, 0.25) is 5.02 Å². The molecule has 2 aromatic rings. The number of sulfonamides is 1. The molecule has 1 N–H and O–H groups in total. The number of anilines is 1. The van der Waals surface area contributed by atoms with E-state index >= 15 is 0 Å². The number of carbonyl (C=O) groups excluding carboxylic acids is 1. The zero-order valence-electron chi connectivity index (χ0n) is 15.1. The minimum atomic E-state index is -3.95. The van der Waals surface area contributed by atoms with E-state index in [9.17, 15) is 17.6 Å². The van der Waals surface area contributed by atoms with Crippen molar-refractivity contribution in [3.63, 3.8) is 0 Å². The second-order valence-electron chi connectivity index (χ2n) is 7.39. The van der Waals surface area contributed by atoms with Gasteiger partial charge in [0, 0.05) is 18.2 Å². The summed E-state index contributed by atoms with van der Waals surface area (Å²) in [5.74, 6) is -0.0537. The average Bonchev–Trinajstić information content (AvgIpc) is 3.54. The normalized spacial score (nSPS) is 16.6. The first-order valence-electron chi connectivity index (χ1n) is 9.22. The van der Waals surface area contributed by atoms with E-state index in [1.807, 2.05) is 4.90 Å². The topological polar surface area (TPSA) is 66.5 Å². The van der Waals surface area contributed by atoms with Crippen LogP contribution >= 0.6 is 11.6 Å². The largest absolute Gasteiger partial charge is 0.335 e. The summed E-state index contributed by atoms with van der Waals surface area (Å²) in [7, 11) is -3.95. The van der Waals surface area contributed by atoms with Gasteiger partial charge in [0.1, 0.15) is 5.82 Å². The van der Waals surface area contributed by atoms with Gasteiger partial charge in [0.25, 0.3) is 15.9 Å². The molecule has 8 heteroatoms. The van der Waals surface area contributed by atoms with Gasteiger partial charge in [0.15, 0.2) is 0 Å². The molecule has 0 atom stereocenters. The minimum Gasteiger partial charge on any atom is -0.335 e. The maximum Gasteiger partial charge on any atom is 0.261 e. The minimum absolute atomic E-state index is 0.0879. The first kappa shape index (κ1) is 19.2. The molecular formula is C20H20ClFN2O3S. The smallest absolute Gasteiger partial charge is 0.261 e. The van der Waals surface area contributed by atoms with Crippen LogP contribution in [0, 0.1) is 11.7 Å². The number of halogens is 2. The van der Waals surface area contributed by atoms with Crippen LogP contribution in [0.5, 0.6) is 0 Å². The van der Waals surface area contributed by atoms with E-state index in [2.05, 4.69) is 4.72 Å². The molecule has 148 valence electrons. The van der Waals surface area contributed by atoms with Gasteiger partial charge < -0.3 is 4.90 Å². The van der Waals surface area contributed by atoms with Gasteiger partial charge in [-0.05, 0) is 74.1 Å². The average molecular weight is 423 g/mol. The summed E-state index contributed by atoms with van der Waals surface area (Å²) in [6.45, 7) is 0.753. The van der Waals surface area contributed by atoms with Gasteiger partial charge in [-0.2, -0.15) is 0 Å². The highest BCUT2D eigenvalue weighted by Gasteiger charge is 2.37. The highest BCUT2D eigenvalue weighted by molar-refractivity contribution is 7.92. The highest BCUT2D eigenvalue weighted by atomic mass is 35.5. The monoisotopic (exact) mass is 422 g/mol. The second kappa shape index (κ2) is 7.37. The molecule has 0 heterocycles. The Morgan fingerprint density at radius 2 is 1.79 bits per heavy atom. The molecule has 0 aliphatic heterocycles. The third kappa shape index (κ3) is 4.31. The molecular weight excluding hydrogens is 403 g/mol. The van der Waals surface area contributed by atoms with E-state index in [0.29, 0.717) is 11.5 Å². The number of carbonyl (C=O) groups is 1. The molecule has 0 aromatic heterocycles. The van der Waals surface area contributed by atoms with Gasteiger partial charge in [-0.3, -0.25) is 9.52 Å². The number of nitrogens with zero attached hydrogens (tertiary/aromatic N) is 1. The van der Waals surface area contributed by atoms with Crippen molar-refractivity contribution in [3.8, 4) is 0 Å². The maximum absolute atomic E-state index is 13.1. The fraction of sp³-hybridized carbons (Fsp3) is 0.350. The number of rotatable bonds is 7. The Morgan fingerprint density at radius 1 is 1.11 bits per heavy atom. The summed E-state index contributed by atoms with van der Waals surface area (Å²) in [5, 5.41) is 0.183. The van der Waals surface area contributed by atoms with Crippen molar-refractivity contribution in [1.29, 1.82) is 0 Å². The number of hydrogen-bond donors (Lipinski definition) is 1. The Bertz CT molecular complexity index is 1000. The van der Waals surface area contributed by atoms with Crippen molar-refractivity contribution in [2.24, 2.45) is 5.92 Å². The molecule has 2 aromatic carbocycles. The zero-order chi connectivity index (χ0) is 19.9. The van der Waals surface area contributed by atoms with Gasteiger partial charge in [-0.1, -0.05) is 11.6 Å². The van der Waals surface area contributed by atoms with E-state index in [1.165, 1.54) is 24.3 Å². The van der Waals surface area contributed by atoms with Gasteiger partial charge in [0.05, 0.1) is 15.6 Å². The molecule has 2 saturated carbocycles. The molecule has 2 aliphatic carbocycles. The lowest BCUT2D eigenvalue weighted by atomic mass is 10.1. The molecule has 0 bridgehead atoms. The van der Waals surface area contributed by atoms with Crippen molar-refractivity contribution < 1.29 is 17.6 Å². The molecule has 2 aliphatic rings. The molecule has 0 unspecified atom stereocenters. The first-order chi connectivity index (χ1) is 13.3. The third-order valence-corrected chi connectivity index (χ3v) is 6.69.